The molecule has 16 heavy (non-hydrogen) atoms. The fourth-order valence-electron chi connectivity index (χ4n) is 1.14. The summed E-state index contributed by atoms with van der Waals surface area (Å²) in [5.41, 5.74) is 0.470. The molecule has 1 heterocycles. The molecule has 0 fully saturated rings. The summed E-state index contributed by atoms with van der Waals surface area (Å²) in [6.07, 6.45) is 0.324. The van der Waals surface area contributed by atoms with Crippen LogP contribution in [0.25, 0.3) is 0 Å². The molecule has 0 aliphatic rings. The molecule has 0 spiro atoms. The van der Waals surface area contributed by atoms with Gasteiger partial charge in [-0.05, 0) is 5.92 Å². The van der Waals surface area contributed by atoms with Crippen LogP contribution in [0.15, 0.2) is 5.38 Å². The van der Waals surface area contributed by atoms with Gasteiger partial charge in [0.25, 0.3) is 0 Å². The maximum atomic E-state index is 11.4. The molecule has 0 saturated carbocycles. The summed E-state index contributed by atoms with van der Waals surface area (Å²) in [4.78, 5) is 25.8. The number of nitrogens with one attached hydrogen (secondary N) is 1. The predicted octanol–water partition coefficient (Wildman–Crippen LogP) is 1.75. The molecule has 1 aromatic rings. The van der Waals surface area contributed by atoms with Crippen LogP contribution in [0.1, 0.15) is 26.0 Å². The monoisotopic (exact) mass is 242 g/mol. The van der Waals surface area contributed by atoms with E-state index in [0.29, 0.717) is 23.2 Å². The molecule has 88 valence electrons. The Morgan fingerprint density at radius 3 is 2.81 bits per heavy atom. The maximum Gasteiger partial charge on any atom is 0.309 e. The first-order valence-corrected chi connectivity index (χ1v) is 5.81. The van der Waals surface area contributed by atoms with E-state index < -0.39 is 5.97 Å². The van der Waals surface area contributed by atoms with Crippen molar-refractivity contribution in [2.24, 2.45) is 5.92 Å². The van der Waals surface area contributed by atoms with E-state index in [1.54, 1.807) is 5.38 Å². The van der Waals surface area contributed by atoms with Crippen molar-refractivity contribution in [1.82, 2.24) is 4.98 Å². The van der Waals surface area contributed by atoms with Gasteiger partial charge in [0.2, 0.25) is 5.91 Å². The molecule has 0 unspecified atom stereocenters. The van der Waals surface area contributed by atoms with E-state index in [9.17, 15) is 9.59 Å². The molecule has 0 radical (unpaired) electrons. The van der Waals surface area contributed by atoms with Crippen molar-refractivity contribution in [2.45, 2.75) is 26.7 Å². The van der Waals surface area contributed by atoms with E-state index >= 15 is 0 Å². The third-order valence-electron chi connectivity index (χ3n) is 1.72. The Morgan fingerprint density at radius 1 is 1.56 bits per heavy atom. The van der Waals surface area contributed by atoms with E-state index in [-0.39, 0.29) is 12.3 Å². The Kier molecular flexibility index (Phi) is 4.42. The molecular weight excluding hydrogens is 228 g/mol. The number of carboxylic acid groups (broad SMARTS) is 1. The number of aromatic nitrogens is 1. The first kappa shape index (κ1) is 12.6. The highest BCUT2D eigenvalue weighted by Crippen LogP contribution is 2.16. The summed E-state index contributed by atoms with van der Waals surface area (Å²) in [5.74, 6) is -0.727. The number of hydrogen-bond donors (Lipinski definition) is 2. The fourth-order valence-corrected chi connectivity index (χ4v) is 1.87. The van der Waals surface area contributed by atoms with Gasteiger partial charge in [-0.1, -0.05) is 13.8 Å². The van der Waals surface area contributed by atoms with Gasteiger partial charge in [0, 0.05) is 11.8 Å². The van der Waals surface area contributed by atoms with Gasteiger partial charge in [-0.25, -0.2) is 4.98 Å². The SMILES string of the molecule is CC(C)CC(=O)Nc1nc(CC(=O)O)cs1. The third-order valence-corrected chi connectivity index (χ3v) is 2.53. The Morgan fingerprint density at radius 2 is 2.25 bits per heavy atom. The summed E-state index contributed by atoms with van der Waals surface area (Å²) in [5, 5.41) is 13.3. The maximum absolute atomic E-state index is 11.4. The fraction of sp³-hybridized carbons (Fsp3) is 0.500. The van der Waals surface area contributed by atoms with E-state index in [1.807, 2.05) is 13.8 Å². The zero-order valence-electron chi connectivity index (χ0n) is 9.19. The van der Waals surface area contributed by atoms with Crippen LogP contribution >= 0.6 is 11.3 Å². The summed E-state index contributed by atoms with van der Waals surface area (Å²) in [6.45, 7) is 3.91. The number of thiazole rings is 1. The van der Waals surface area contributed by atoms with Gasteiger partial charge in [-0.2, -0.15) is 0 Å². The van der Waals surface area contributed by atoms with Gasteiger partial charge < -0.3 is 10.4 Å². The van der Waals surface area contributed by atoms with Gasteiger partial charge >= 0.3 is 5.97 Å². The molecule has 5 nitrogen and oxygen atoms in total. The van der Waals surface area contributed by atoms with Crippen LogP contribution in [0, 0.1) is 5.92 Å². The Labute approximate surface area is 97.5 Å². The molecule has 0 aliphatic heterocycles. The van der Waals surface area contributed by atoms with Crippen LogP contribution in [0.3, 0.4) is 0 Å². The third kappa shape index (κ3) is 4.39. The highest BCUT2D eigenvalue weighted by Gasteiger charge is 2.09. The average molecular weight is 242 g/mol. The minimum Gasteiger partial charge on any atom is -0.481 e. The molecule has 0 aromatic carbocycles. The van der Waals surface area contributed by atoms with Crippen molar-refractivity contribution in [1.29, 1.82) is 0 Å². The Hall–Kier alpha value is -1.43. The number of carbonyl (C=O) groups excluding carboxylic acids is 1. The molecule has 1 amide bonds. The lowest BCUT2D eigenvalue weighted by atomic mass is 10.1. The average Bonchev–Trinajstić information content (AvgIpc) is 2.49. The van der Waals surface area contributed by atoms with Crippen molar-refractivity contribution in [3.8, 4) is 0 Å². The lowest BCUT2D eigenvalue weighted by molar-refractivity contribution is -0.136. The molecule has 6 heteroatoms. The lowest BCUT2D eigenvalue weighted by Crippen LogP contribution is -2.13. The number of hydrogen-bond acceptors (Lipinski definition) is 4. The van der Waals surface area contributed by atoms with Gasteiger partial charge in [0.05, 0.1) is 12.1 Å². The highest BCUT2D eigenvalue weighted by molar-refractivity contribution is 7.13. The second-order valence-electron chi connectivity index (χ2n) is 3.86. The van der Waals surface area contributed by atoms with Crippen LogP contribution in [-0.4, -0.2) is 22.0 Å². The van der Waals surface area contributed by atoms with Gasteiger partial charge in [-0.3, -0.25) is 9.59 Å². The molecule has 1 rings (SSSR count). The van der Waals surface area contributed by atoms with Gasteiger partial charge in [0.15, 0.2) is 5.13 Å². The van der Waals surface area contributed by atoms with Crippen molar-refractivity contribution >= 4 is 28.3 Å². The Balaban J connectivity index is 2.51. The van der Waals surface area contributed by atoms with Crippen LogP contribution in [0.2, 0.25) is 0 Å². The van der Waals surface area contributed by atoms with E-state index in [0.717, 1.165) is 0 Å². The van der Waals surface area contributed by atoms with E-state index in [2.05, 4.69) is 10.3 Å². The van der Waals surface area contributed by atoms with Crippen LogP contribution in [-0.2, 0) is 16.0 Å². The number of carbonyl (C=O) groups is 2. The van der Waals surface area contributed by atoms with Crippen LogP contribution in [0.4, 0.5) is 5.13 Å². The quantitative estimate of drug-likeness (QED) is 0.824. The Bertz CT molecular complexity index is 387. The normalized spacial score (nSPS) is 10.4. The second kappa shape index (κ2) is 5.60. The predicted molar refractivity (Wildman–Crippen MR) is 61.5 cm³/mol. The minimum absolute atomic E-state index is 0.0915. The zero-order chi connectivity index (χ0) is 12.1. The molecule has 2 N–H and O–H groups in total. The molecule has 0 saturated heterocycles. The molecule has 1 aromatic heterocycles. The van der Waals surface area contributed by atoms with Crippen molar-refractivity contribution in [3.05, 3.63) is 11.1 Å². The summed E-state index contributed by atoms with van der Waals surface area (Å²) in [7, 11) is 0. The summed E-state index contributed by atoms with van der Waals surface area (Å²) < 4.78 is 0. The van der Waals surface area contributed by atoms with Crippen LogP contribution < -0.4 is 5.32 Å². The van der Waals surface area contributed by atoms with Crippen LogP contribution in [0.5, 0.6) is 0 Å². The number of aliphatic carboxylic acids is 1. The molecule has 0 aliphatic carbocycles. The number of amides is 1. The number of carboxylic acids is 1. The smallest absolute Gasteiger partial charge is 0.309 e. The first-order chi connectivity index (χ1) is 7.47. The second-order valence-corrected chi connectivity index (χ2v) is 4.72. The van der Waals surface area contributed by atoms with Crippen molar-refractivity contribution < 1.29 is 14.7 Å². The largest absolute Gasteiger partial charge is 0.481 e. The number of nitrogens with zero attached hydrogens (tertiary/aromatic N) is 1. The van der Waals surface area contributed by atoms with E-state index in [1.165, 1.54) is 11.3 Å². The van der Waals surface area contributed by atoms with Gasteiger partial charge in [0.1, 0.15) is 0 Å². The minimum atomic E-state index is -0.926. The first-order valence-electron chi connectivity index (χ1n) is 4.93. The standard InChI is InChI=1S/C10H14N2O3S/c1-6(2)3-8(13)12-10-11-7(5-16-10)4-9(14)15/h5-6H,3-4H2,1-2H3,(H,14,15)(H,11,12,13). The highest BCUT2D eigenvalue weighted by atomic mass is 32.1. The van der Waals surface area contributed by atoms with Gasteiger partial charge in [-0.15, -0.1) is 11.3 Å². The van der Waals surface area contributed by atoms with E-state index in [4.69, 9.17) is 5.11 Å². The molecule has 0 atom stereocenters. The molecule has 0 bridgehead atoms. The van der Waals surface area contributed by atoms with Crippen molar-refractivity contribution in [2.75, 3.05) is 5.32 Å². The number of rotatable bonds is 5. The lowest BCUT2D eigenvalue weighted by Gasteiger charge is -2.03. The van der Waals surface area contributed by atoms with Crippen molar-refractivity contribution in [3.63, 3.8) is 0 Å². The summed E-state index contributed by atoms with van der Waals surface area (Å²) >= 11 is 1.24. The molecular formula is C10H14N2O3S. The topological polar surface area (TPSA) is 79.3 Å². The number of anilines is 1. The zero-order valence-corrected chi connectivity index (χ0v) is 10.0. The summed E-state index contributed by atoms with van der Waals surface area (Å²) in [6, 6.07) is 0.